The molecular formula is C14H18NO4P. The Morgan fingerprint density at radius 3 is 2.55 bits per heavy atom. The van der Waals surface area contributed by atoms with E-state index in [1.807, 2.05) is 6.66 Å². The maximum atomic E-state index is 12.6. The second-order valence-corrected chi connectivity index (χ2v) is 5.43. The summed E-state index contributed by atoms with van der Waals surface area (Å²) >= 11 is 0. The molecule has 1 aromatic carbocycles. The number of ether oxygens (including phenoxy) is 1. The van der Waals surface area contributed by atoms with Crippen molar-refractivity contribution in [2.24, 2.45) is 5.41 Å². The summed E-state index contributed by atoms with van der Waals surface area (Å²) in [6.45, 7) is 3.98. The fraction of sp³-hybridized carbons (Fsp3) is 0.429. The van der Waals surface area contributed by atoms with Crippen LogP contribution in [0.25, 0.3) is 0 Å². The Kier molecular flexibility index (Phi) is 4.41. The molecule has 5 nitrogen and oxygen atoms in total. The van der Waals surface area contributed by atoms with Crippen LogP contribution in [0.5, 0.6) is 5.75 Å². The summed E-state index contributed by atoms with van der Waals surface area (Å²) in [5.41, 5.74) is -0.517. The Balaban J connectivity index is 2.21. The van der Waals surface area contributed by atoms with E-state index in [0.29, 0.717) is 24.3 Å². The summed E-state index contributed by atoms with van der Waals surface area (Å²) in [6, 6.07) is 6.81. The van der Waals surface area contributed by atoms with Gasteiger partial charge in [-0.1, -0.05) is 0 Å². The Bertz CT molecular complexity index is 516. The van der Waals surface area contributed by atoms with Crippen molar-refractivity contribution in [1.82, 2.24) is 5.06 Å². The van der Waals surface area contributed by atoms with Gasteiger partial charge in [0.25, 0.3) is 5.91 Å². The number of carbonyl (C=O) groups excluding carboxylic acids is 2. The first kappa shape index (κ1) is 14.9. The van der Waals surface area contributed by atoms with Gasteiger partial charge in [0, 0.05) is 14.4 Å². The van der Waals surface area contributed by atoms with Crippen LogP contribution in [0.1, 0.15) is 23.7 Å². The Morgan fingerprint density at radius 2 is 2.00 bits per heavy atom. The highest BCUT2D eigenvalue weighted by Crippen LogP contribution is 2.36. The molecule has 1 saturated heterocycles. The first-order valence-electron chi connectivity index (χ1n) is 6.37. The van der Waals surface area contributed by atoms with Gasteiger partial charge in [0.15, 0.2) is 5.78 Å². The molecule has 0 bridgehead atoms. The molecule has 0 radical (unpaired) electrons. The Morgan fingerprint density at radius 1 is 1.35 bits per heavy atom. The molecule has 0 saturated carbocycles. The zero-order valence-electron chi connectivity index (χ0n) is 11.8. The minimum atomic E-state index is -1.03. The van der Waals surface area contributed by atoms with Crippen LogP contribution in [0.2, 0.25) is 0 Å². The predicted molar refractivity (Wildman–Crippen MR) is 77.1 cm³/mol. The first-order valence-corrected chi connectivity index (χ1v) is 7.78. The van der Waals surface area contributed by atoms with E-state index in [2.05, 4.69) is 0 Å². The largest absolute Gasteiger partial charge is 0.497 e. The van der Waals surface area contributed by atoms with E-state index in [0.717, 1.165) is 0 Å². The lowest BCUT2D eigenvalue weighted by molar-refractivity contribution is -0.153. The molecule has 0 aromatic heterocycles. The van der Waals surface area contributed by atoms with Gasteiger partial charge in [-0.05, 0) is 44.3 Å². The lowest BCUT2D eigenvalue weighted by atomic mass is 9.81. The third-order valence-corrected chi connectivity index (χ3v) is 3.97. The van der Waals surface area contributed by atoms with Crippen molar-refractivity contribution in [2.45, 2.75) is 13.3 Å². The van der Waals surface area contributed by atoms with Crippen LogP contribution in [-0.2, 0) is 9.42 Å². The summed E-state index contributed by atoms with van der Waals surface area (Å²) in [6.07, 6.45) is 0.473. The molecule has 0 N–H and O–H groups in total. The van der Waals surface area contributed by atoms with Gasteiger partial charge in [0.2, 0.25) is 0 Å². The second kappa shape index (κ2) is 5.90. The molecule has 1 aromatic rings. The highest BCUT2D eigenvalue weighted by Gasteiger charge is 2.49. The molecular weight excluding hydrogens is 277 g/mol. The lowest BCUT2D eigenvalue weighted by Gasteiger charge is -2.21. The third-order valence-electron chi connectivity index (χ3n) is 3.57. The summed E-state index contributed by atoms with van der Waals surface area (Å²) in [4.78, 5) is 24.9. The highest BCUT2D eigenvalue weighted by molar-refractivity contribution is 7.31. The standard InChI is InChI=1S/C14H18NO4P/c1-14(8-9-15(13(14)17)19-20-3)12(16)10-4-6-11(18-2)7-5-10/h4-7,20H,8-9H2,1-3H3/t14-/m0/s1. The van der Waals surface area contributed by atoms with Crippen LogP contribution in [0, 0.1) is 5.41 Å². The smallest absolute Gasteiger partial charge is 0.260 e. The SMILES string of the molecule is COc1ccc(C(=O)[C@]2(C)CCN(OPC)C2=O)cc1. The number of ketones is 1. The van der Waals surface area contributed by atoms with Crippen molar-refractivity contribution in [3.8, 4) is 5.75 Å². The molecule has 1 fully saturated rings. The van der Waals surface area contributed by atoms with Crippen LogP contribution in [0.3, 0.4) is 0 Å². The fourth-order valence-electron chi connectivity index (χ4n) is 2.28. The molecule has 1 unspecified atom stereocenters. The van der Waals surface area contributed by atoms with Crippen LogP contribution in [0.4, 0.5) is 0 Å². The lowest BCUT2D eigenvalue weighted by Crippen LogP contribution is -2.37. The number of hydrogen-bond acceptors (Lipinski definition) is 4. The van der Waals surface area contributed by atoms with E-state index in [1.54, 1.807) is 38.3 Å². The normalized spacial score (nSPS) is 22.8. The van der Waals surface area contributed by atoms with E-state index in [4.69, 9.17) is 9.36 Å². The number of amides is 1. The quantitative estimate of drug-likeness (QED) is 0.475. The van der Waals surface area contributed by atoms with Crippen molar-refractivity contribution in [3.05, 3.63) is 29.8 Å². The van der Waals surface area contributed by atoms with Gasteiger partial charge in [-0.2, -0.15) is 0 Å². The van der Waals surface area contributed by atoms with Crippen molar-refractivity contribution >= 4 is 20.5 Å². The van der Waals surface area contributed by atoms with Crippen LogP contribution >= 0.6 is 8.81 Å². The number of hydroxylamine groups is 2. The molecule has 6 heteroatoms. The zero-order valence-corrected chi connectivity index (χ0v) is 12.8. The van der Waals surface area contributed by atoms with Crippen LogP contribution in [0.15, 0.2) is 24.3 Å². The van der Waals surface area contributed by atoms with Crippen LogP contribution in [-0.4, -0.2) is 37.1 Å². The Labute approximate surface area is 120 Å². The van der Waals surface area contributed by atoms with E-state index < -0.39 is 5.41 Å². The maximum absolute atomic E-state index is 12.6. The summed E-state index contributed by atoms with van der Waals surface area (Å²) < 4.78 is 10.3. The summed E-state index contributed by atoms with van der Waals surface area (Å²) in [7, 11) is 1.76. The van der Waals surface area contributed by atoms with Gasteiger partial charge < -0.3 is 4.74 Å². The number of Topliss-reactive ketones (excluding diaryl/α,β-unsaturated/α-hetero) is 1. The Hall–Kier alpha value is -1.45. The molecule has 0 aliphatic carbocycles. The van der Waals surface area contributed by atoms with E-state index in [1.165, 1.54) is 5.06 Å². The van der Waals surface area contributed by atoms with E-state index in [-0.39, 0.29) is 20.5 Å². The average molecular weight is 295 g/mol. The molecule has 1 amide bonds. The number of carbonyl (C=O) groups is 2. The fourth-order valence-corrected chi connectivity index (χ4v) is 2.67. The van der Waals surface area contributed by atoms with Gasteiger partial charge in [0.1, 0.15) is 11.2 Å². The van der Waals surface area contributed by atoms with Crippen molar-refractivity contribution in [2.75, 3.05) is 20.3 Å². The van der Waals surface area contributed by atoms with Gasteiger partial charge in [-0.3, -0.25) is 14.2 Å². The minimum absolute atomic E-state index is 0.171. The third kappa shape index (κ3) is 2.56. The van der Waals surface area contributed by atoms with E-state index in [9.17, 15) is 9.59 Å². The molecule has 2 rings (SSSR count). The predicted octanol–water partition coefficient (Wildman–Crippen LogP) is 2.27. The highest BCUT2D eigenvalue weighted by atomic mass is 31.1. The summed E-state index contributed by atoms with van der Waals surface area (Å²) in [5, 5.41) is 1.31. The molecule has 20 heavy (non-hydrogen) atoms. The molecule has 1 aliphatic heterocycles. The number of benzene rings is 1. The number of rotatable bonds is 5. The number of nitrogens with zero attached hydrogens (tertiary/aromatic N) is 1. The molecule has 0 spiro atoms. The van der Waals surface area contributed by atoms with Gasteiger partial charge in [-0.25, -0.2) is 5.06 Å². The number of hydrogen-bond donors (Lipinski definition) is 0. The summed E-state index contributed by atoms with van der Waals surface area (Å²) in [5.74, 6) is 0.255. The second-order valence-electron chi connectivity index (χ2n) is 4.84. The molecule has 1 heterocycles. The molecule has 2 atom stereocenters. The van der Waals surface area contributed by atoms with Gasteiger partial charge >= 0.3 is 0 Å². The van der Waals surface area contributed by atoms with E-state index >= 15 is 0 Å². The van der Waals surface area contributed by atoms with Crippen LogP contribution < -0.4 is 4.74 Å². The van der Waals surface area contributed by atoms with Gasteiger partial charge in [-0.15, -0.1) is 0 Å². The number of methoxy groups -OCH3 is 1. The average Bonchev–Trinajstić information content (AvgIpc) is 2.77. The van der Waals surface area contributed by atoms with Crippen molar-refractivity contribution in [3.63, 3.8) is 0 Å². The molecule has 1 aliphatic rings. The van der Waals surface area contributed by atoms with Crippen molar-refractivity contribution in [1.29, 1.82) is 0 Å². The zero-order chi connectivity index (χ0) is 14.8. The first-order chi connectivity index (χ1) is 9.52. The van der Waals surface area contributed by atoms with Gasteiger partial charge in [0.05, 0.1) is 13.7 Å². The monoisotopic (exact) mass is 295 g/mol. The van der Waals surface area contributed by atoms with Crippen molar-refractivity contribution < 1.29 is 19.0 Å². The topological polar surface area (TPSA) is 55.8 Å². The molecule has 108 valence electrons. The maximum Gasteiger partial charge on any atom is 0.260 e. The minimum Gasteiger partial charge on any atom is -0.497 e.